The van der Waals surface area contributed by atoms with Gasteiger partial charge in [0.15, 0.2) is 11.6 Å². The van der Waals surface area contributed by atoms with E-state index in [1.54, 1.807) is 6.07 Å². The molecule has 5 rings (SSSR count). The summed E-state index contributed by atoms with van der Waals surface area (Å²) in [6.45, 7) is 4.70. The number of nitrogens with zero attached hydrogens (tertiary/aromatic N) is 3. The van der Waals surface area contributed by atoms with E-state index in [4.69, 9.17) is 21.3 Å². The van der Waals surface area contributed by atoms with E-state index in [-0.39, 0.29) is 17.1 Å². The molecule has 0 bridgehead atoms. The molecule has 1 N–H and O–H groups in total. The Hall–Kier alpha value is -2.78. The first kappa shape index (κ1) is 23.0. The average molecular weight is 499 g/mol. The number of methoxy groups -OCH3 is 1. The fourth-order valence-corrected chi connectivity index (χ4v) is 5.39. The van der Waals surface area contributed by atoms with Crippen molar-refractivity contribution in [1.82, 2.24) is 19.8 Å². The smallest absolute Gasteiger partial charge is 0.260 e. The molecule has 0 unspecified atom stereocenters. The highest BCUT2D eigenvalue weighted by atomic mass is 35.5. The zero-order chi connectivity index (χ0) is 23.7. The van der Waals surface area contributed by atoms with E-state index in [0.29, 0.717) is 29.3 Å². The van der Waals surface area contributed by atoms with Gasteiger partial charge in [0.05, 0.1) is 19.0 Å². The highest BCUT2D eigenvalue weighted by Gasteiger charge is 2.20. The van der Waals surface area contributed by atoms with Gasteiger partial charge in [0, 0.05) is 48.7 Å². The van der Waals surface area contributed by atoms with Crippen LogP contribution < -0.4 is 10.3 Å². The number of halogens is 2. The van der Waals surface area contributed by atoms with Crippen molar-refractivity contribution in [3.63, 3.8) is 0 Å². The molecule has 1 fully saturated rings. The number of aromatic amines is 1. The van der Waals surface area contributed by atoms with Crippen molar-refractivity contribution in [2.24, 2.45) is 0 Å². The second-order valence-corrected chi connectivity index (χ2v) is 9.66. The van der Waals surface area contributed by atoms with E-state index in [1.165, 1.54) is 24.5 Å². The van der Waals surface area contributed by atoms with Crippen LogP contribution in [0.25, 0.3) is 21.3 Å². The number of thiophene rings is 1. The molecule has 1 saturated heterocycles. The maximum Gasteiger partial charge on any atom is 0.260 e. The van der Waals surface area contributed by atoms with Crippen LogP contribution in [0.1, 0.15) is 11.4 Å². The summed E-state index contributed by atoms with van der Waals surface area (Å²) in [4.78, 5) is 25.9. The van der Waals surface area contributed by atoms with Gasteiger partial charge in [-0.3, -0.25) is 14.6 Å². The van der Waals surface area contributed by atoms with Crippen molar-refractivity contribution in [3.8, 4) is 16.9 Å². The third-order valence-corrected chi connectivity index (χ3v) is 7.23. The summed E-state index contributed by atoms with van der Waals surface area (Å²) < 4.78 is 19.0. The van der Waals surface area contributed by atoms with Gasteiger partial charge in [0.2, 0.25) is 0 Å². The summed E-state index contributed by atoms with van der Waals surface area (Å²) >= 11 is 7.48. The van der Waals surface area contributed by atoms with Crippen molar-refractivity contribution < 1.29 is 9.13 Å². The van der Waals surface area contributed by atoms with Crippen LogP contribution in [-0.4, -0.2) is 53.1 Å². The number of piperazine rings is 1. The summed E-state index contributed by atoms with van der Waals surface area (Å²) in [7, 11) is 1.47. The molecule has 3 heterocycles. The number of benzene rings is 2. The van der Waals surface area contributed by atoms with Crippen LogP contribution in [0.15, 0.2) is 52.6 Å². The van der Waals surface area contributed by atoms with Crippen molar-refractivity contribution in [2.45, 2.75) is 13.1 Å². The summed E-state index contributed by atoms with van der Waals surface area (Å²) in [6.07, 6.45) is 0. The van der Waals surface area contributed by atoms with E-state index >= 15 is 0 Å². The molecule has 9 heteroatoms. The van der Waals surface area contributed by atoms with E-state index < -0.39 is 0 Å². The van der Waals surface area contributed by atoms with E-state index in [9.17, 15) is 9.18 Å². The van der Waals surface area contributed by atoms with Gasteiger partial charge in [-0.25, -0.2) is 9.37 Å². The lowest BCUT2D eigenvalue weighted by Crippen LogP contribution is -2.45. The molecule has 1 aliphatic rings. The van der Waals surface area contributed by atoms with Crippen molar-refractivity contribution in [1.29, 1.82) is 0 Å². The minimum absolute atomic E-state index is 0.119. The Kier molecular flexibility index (Phi) is 6.65. The first-order valence-corrected chi connectivity index (χ1v) is 12.3. The van der Waals surface area contributed by atoms with Gasteiger partial charge in [-0.1, -0.05) is 29.8 Å². The van der Waals surface area contributed by atoms with Crippen molar-refractivity contribution in [2.75, 3.05) is 33.3 Å². The number of nitrogens with one attached hydrogen (secondary N) is 1. The van der Waals surface area contributed by atoms with E-state index in [2.05, 4.69) is 14.8 Å². The Labute approximate surface area is 205 Å². The zero-order valence-electron chi connectivity index (χ0n) is 18.7. The average Bonchev–Trinajstić information content (AvgIpc) is 3.26. The standard InChI is InChI=1S/C25H24ClFN4O2S/c1-33-21-7-2-16(12-20(21)27)13-30-8-10-31(11-9-30)14-22-28-24(32)23-19(15-34-25(23)29-22)17-3-5-18(26)6-4-17/h2-7,12,15H,8-11,13-14H2,1H3,(H,28,29,32). The van der Waals surface area contributed by atoms with Gasteiger partial charge in [0.25, 0.3) is 5.56 Å². The monoisotopic (exact) mass is 498 g/mol. The Morgan fingerprint density at radius 3 is 2.47 bits per heavy atom. The van der Waals surface area contributed by atoms with Crippen molar-refractivity contribution >= 4 is 33.2 Å². The molecular weight excluding hydrogens is 475 g/mol. The summed E-state index contributed by atoms with van der Waals surface area (Å²) in [5.41, 5.74) is 2.63. The van der Waals surface area contributed by atoms with E-state index in [1.807, 2.05) is 35.7 Å². The summed E-state index contributed by atoms with van der Waals surface area (Å²) in [5.74, 6) is 0.600. The minimum atomic E-state index is -0.336. The lowest BCUT2D eigenvalue weighted by Gasteiger charge is -2.34. The fraction of sp³-hybridized carbons (Fsp3) is 0.280. The van der Waals surface area contributed by atoms with Gasteiger partial charge < -0.3 is 9.72 Å². The predicted octanol–water partition coefficient (Wildman–Crippen LogP) is 4.77. The normalized spacial score (nSPS) is 15.1. The Bertz CT molecular complexity index is 1360. The molecule has 4 aromatic rings. The van der Waals surface area contributed by atoms with Crippen LogP contribution in [0.3, 0.4) is 0 Å². The molecule has 0 amide bonds. The minimum Gasteiger partial charge on any atom is -0.494 e. The Morgan fingerprint density at radius 2 is 1.79 bits per heavy atom. The van der Waals surface area contributed by atoms with Crippen molar-refractivity contribution in [3.05, 3.63) is 80.4 Å². The maximum atomic E-state index is 14.0. The number of H-pyrrole nitrogens is 1. The number of rotatable bonds is 6. The largest absolute Gasteiger partial charge is 0.494 e. The number of ether oxygens (including phenoxy) is 1. The first-order chi connectivity index (χ1) is 16.5. The predicted molar refractivity (Wildman–Crippen MR) is 134 cm³/mol. The molecule has 2 aromatic carbocycles. The van der Waals surface area contributed by atoms with Crippen LogP contribution in [-0.2, 0) is 13.1 Å². The molecule has 2 aromatic heterocycles. The quantitative estimate of drug-likeness (QED) is 0.415. The first-order valence-electron chi connectivity index (χ1n) is 11.0. The molecule has 176 valence electrons. The van der Waals surface area contributed by atoms with Gasteiger partial charge in [-0.15, -0.1) is 11.3 Å². The summed E-state index contributed by atoms with van der Waals surface area (Å²) in [5, 5.41) is 3.25. The van der Waals surface area contributed by atoms with Gasteiger partial charge in [-0.05, 0) is 35.4 Å². The van der Waals surface area contributed by atoms with Gasteiger partial charge >= 0.3 is 0 Å². The summed E-state index contributed by atoms with van der Waals surface area (Å²) in [6, 6.07) is 12.6. The lowest BCUT2D eigenvalue weighted by molar-refractivity contribution is 0.120. The SMILES string of the molecule is COc1ccc(CN2CCN(Cc3nc4scc(-c5ccc(Cl)cc5)c4c(=O)[nH]3)CC2)cc1F. The highest BCUT2D eigenvalue weighted by molar-refractivity contribution is 7.17. The number of hydrogen-bond donors (Lipinski definition) is 1. The maximum absolute atomic E-state index is 14.0. The highest BCUT2D eigenvalue weighted by Crippen LogP contribution is 2.31. The van der Waals surface area contributed by atoms with Crippen LogP contribution in [0.5, 0.6) is 5.75 Å². The third kappa shape index (κ3) is 4.86. The number of fused-ring (bicyclic) bond motifs is 1. The molecular formula is C25H24ClFN4O2S. The topological polar surface area (TPSA) is 61.5 Å². The molecule has 0 spiro atoms. The lowest BCUT2D eigenvalue weighted by atomic mass is 10.1. The fourth-order valence-electron chi connectivity index (χ4n) is 4.29. The Balaban J connectivity index is 1.23. The van der Waals surface area contributed by atoms with Crippen LogP contribution in [0, 0.1) is 5.82 Å². The second-order valence-electron chi connectivity index (χ2n) is 8.37. The zero-order valence-corrected chi connectivity index (χ0v) is 20.3. The molecule has 0 radical (unpaired) electrons. The van der Waals surface area contributed by atoms with Gasteiger partial charge in [-0.2, -0.15) is 0 Å². The molecule has 6 nitrogen and oxygen atoms in total. The molecule has 0 saturated carbocycles. The van der Waals surface area contributed by atoms with Crippen LogP contribution in [0.4, 0.5) is 4.39 Å². The van der Waals surface area contributed by atoms with Gasteiger partial charge in [0.1, 0.15) is 10.7 Å². The Morgan fingerprint density at radius 1 is 1.09 bits per heavy atom. The van der Waals surface area contributed by atoms with Crippen LogP contribution in [0.2, 0.25) is 5.02 Å². The second kappa shape index (κ2) is 9.84. The number of hydrogen-bond acceptors (Lipinski definition) is 6. The third-order valence-electron chi connectivity index (χ3n) is 6.11. The molecule has 1 aliphatic heterocycles. The van der Waals surface area contributed by atoms with Crippen LogP contribution >= 0.6 is 22.9 Å². The number of aromatic nitrogens is 2. The molecule has 0 aliphatic carbocycles. The van der Waals surface area contributed by atoms with E-state index in [0.717, 1.165) is 47.7 Å². The molecule has 0 atom stereocenters. The molecule has 34 heavy (non-hydrogen) atoms.